The number of halogens is 2. The van der Waals surface area contributed by atoms with Crippen molar-refractivity contribution < 1.29 is 60.3 Å². The monoisotopic (exact) mass is 853 g/mol. The molecule has 0 aliphatic carbocycles. The lowest BCUT2D eigenvalue weighted by Crippen LogP contribution is -2.38. The van der Waals surface area contributed by atoms with E-state index < -0.39 is 88.3 Å². The number of aromatic amines is 1. The number of alkyl halides is 2. The number of H-pyrrole nitrogens is 1. The highest BCUT2D eigenvalue weighted by atomic mass is 32.7. The predicted octanol–water partition coefficient (Wildman–Crippen LogP) is 3.26. The number of ketones is 1. The van der Waals surface area contributed by atoms with E-state index in [1.54, 1.807) is 0 Å². The fourth-order valence-electron chi connectivity index (χ4n) is 6.52. The molecule has 0 bridgehead atoms. The number of unbranched alkanes of at least 4 members (excludes halogenated alkanes) is 7. The fourth-order valence-corrected chi connectivity index (χ4v) is 10.8. The molecule has 0 spiro atoms. The second kappa shape index (κ2) is 18.8. The van der Waals surface area contributed by atoms with Gasteiger partial charge in [-0.2, -0.15) is 0 Å². The SMILES string of the molecule is Nc1ncnc2c1ncn2[C@@H]1O[C@@H]2COP(=O)(SCC(=O)CCCCCCCCCCO)O[C@H]3[C@@H](F)[C@H](n4ccc(=O)[nH]c4=O)O[C@@H]3COP(=O)(O)O[C@H]2[C@H]1F. The Morgan fingerprint density at radius 2 is 1.54 bits per heavy atom. The van der Waals surface area contributed by atoms with Gasteiger partial charge in [0.05, 0.1) is 25.3 Å². The van der Waals surface area contributed by atoms with Crippen LogP contribution in [0.3, 0.4) is 0 Å². The molecule has 10 atom stereocenters. The summed E-state index contributed by atoms with van der Waals surface area (Å²) in [4.78, 5) is 61.9. The number of aliphatic hydroxyl groups excluding tert-OH is 1. The van der Waals surface area contributed by atoms with Gasteiger partial charge in [0.1, 0.15) is 42.0 Å². The molecule has 3 aliphatic rings. The normalized spacial score (nSPS) is 32.4. The number of hydrogen-bond donors (Lipinski definition) is 4. The van der Waals surface area contributed by atoms with Crippen molar-refractivity contribution in [3.63, 3.8) is 0 Å². The molecule has 3 saturated heterocycles. The number of rotatable bonds is 15. The Kier molecular flexibility index (Phi) is 14.3. The maximum absolute atomic E-state index is 16.3. The zero-order chi connectivity index (χ0) is 40.0. The number of phosphoric acid groups is 1. The lowest BCUT2D eigenvalue weighted by atomic mass is 10.1. The quantitative estimate of drug-likeness (QED) is 0.126. The van der Waals surface area contributed by atoms with Gasteiger partial charge in [-0.05, 0) is 24.2 Å². The van der Waals surface area contributed by atoms with Crippen LogP contribution in [-0.2, 0) is 41.5 Å². The zero-order valence-electron chi connectivity index (χ0n) is 29.9. The molecular weight excluding hydrogens is 810 g/mol. The van der Waals surface area contributed by atoms with E-state index in [0.29, 0.717) is 22.4 Å². The van der Waals surface area contributed by atoms with Crippen LogP contribution >= 0.6 is 26.0 Å². The molecular formula is C31H43F2N7O13P2S. The average molecular weight is 854 g/mol. The van der Waals surface area contributed by atoms with Gasteiger partial charge >= 0.3 is 20.3 Å². The minimum atomic E-state index is -5.21. The first-order valence-corrected chi connectivity index (χ1v) is 22.6. The number of aliphatic hydroxyl groups is 1. The van der Waals surface area contributed by atoms with Crippen molar-refractivity contribution in [3.05, 3.63) is 45.8 Å². The van der Waals surface area contributed by atoms with E-state index in [-0.39, 0.29) is 41.5 Å². The van der Waals surface area contributed by atoms with Crippen LogP contribution in [0.5, 0.6) is 0 Å². The summed E-state index contributed by atoms with van der Waals surface area (Å²) in [6.45, 7) is -6.25. The summed E-state index contributed by atoms with van der Waals surface area (Å²) in [5, 5.41) is 8.90. The Labute approximate surface area is 321 Å². The van der Waals surface area contributed by atoms with Gasteiger partial charge in [-0.3, -0.25) is 41.8 Å². The van der Waals surface area contributed by atoms with Gasteiger partial charge in [-0.1, -0.05) is 38.5 Å². The summed E-state index contributed by atoms with van der Waals surface area (Å²) in [6.07, 6.45) is -4.59. The maximum atomic E-state index is 16.3. The van der Waals surface area contributed by atoms with Gasteiger partial charge in [-0.15, -0.1) is 0 Å². The van der Waals surface area contributed by atoms with Crippen molar-refractivity contribution in [1.29, 1.82) is 0 Å². The summed E-state index contributed by atoms with van der Waals surface area (Å²) in [5.41, 5.74) is 4.20. The first kappa shape index (κ1) is 42.7. The van der Waals surface area contributed by atoms with E-state index in [1.165, 1.54) is 0 Å². The maximum Gasteiger partial charge on any atom is 0.472 e. The number of nitrogens with two attached hydrogens (primary N) is 1. The van der Waals surface area contributed by atoms with Crippen molar-refractivity contribution in [2.75, 3.05) is 31.3 Å². The lowest BCUT2D eigenvalue weighted by Gasteiger charge is -2.29. The van der Waals surface area contributed by atoms with E-state index in [0.717, 1.165) is 74.4 Å². The molecule has 6 rings (SSSR count). The number of anilines is 1. The second-order valence-electron chi connectivity index (χ2n) is 13.4. The van der Waals surface area contributed by atoms with Gasteiger partial charge in [0.2, 0.25) is 0 Å². The van der Waals surface area contributed by atoms with E-state index in [4.69, 9.17) is 38.4 Å². The highest BCUT2D eigenvalue weighted by molar-refractivity contribution is 8.55. The molecule has 25 heteroatoms. The van der Waals surface area contributed by atoms with Gasteiger partial charge < -0.3 is 25.2 Å². The number of phosphoric ester groups is 1. The minimum Gasteiger partial charge on any atom is -0.396 e. The number of nitrogens with one attached hydrogen (secondary N) is 1. The number of hydrogen-bond acceptors (Lipinski definition) is 17. The largest absolute Gasteiger partial charge is 0.472 e. The van der Waals surface area contributed by atoms with Crippen molar-refractivity contribution >= 4 is 48.8 Å². The van der Waals surface area contributed by atoms with Crippen molar-refractivity contribution in [3.8, 4) is 0 Å². The van der Waals surface area contributed by atoms with E-state index in [9.17, 15) is 28.4 Å². The van der Waals surface area contributed by atoms with Crippen LogP contribution in [0, 0.1) is 0 Å². The Hall–Kier alpha value is -2.95. The minimum absolute atomic E-state index is 0.0111. The molecule has 2 unspecified atom stereocenters. The van der Waals surface area contributed by atoms with E-state index in [2.05, 4.69) is 15.0 Å². The van der Waals surface area contributed by atoms with Crippen LogP contribution in [0.15, 0.2) is 34.5 Å². The number of carbonyl (C=O) groups excluding carboxylic acids is 1. The third-order valence-electron chi connectivity index (χ3n) is 9.37. The molecule has 0 saturated carbocycles. The molecule has 6 heterocycles. The summed E-state index contributed by atoms with van der Waals surface area (Å²) in [5.74, 6) is -0.705. The van der Waals surface area contributed by atoms with Crippen LogP contribution in [-0.4, -0.2) is 107 Å². The van der Waals surface area contributed by atoms with Crippen LogP contribution in [0.2, 0.25) is 0 Å². The molecule has 310 valence electrons. The first-order chi connectivity index (χ1) is 26.8. The number of nitrogens with zero attached hydrogens (tertiary/aromatic N) is 5. The Morgan fingerprint density at radius 1 is 0.911 bits per heavy atom. The van der Waals surface area contributed by atoms with Gasteiger partial charge in [0.15, 0.2) is 36.3 Å². The van der Waals surface area contributed by atoms with Crippen LogP contribution < -0.4 is 17.0 Å². The van der Waals surface area contributed by atoms with Gasteiger partial charge in [0.25, 0.3) is 5.56 Å². The van der Waals surface area contributed by atoms with Crippen molar-refractivity contribution in [2.45, 2.75) is 107 Å². The number of carbonyl (C=O) groups is 1. The molecule has 0 radical (unpaired) electrons. The summed E-state index contributed by atoms with van der Waals surface area (Å²) < 4.78 is 95.5. The second-order valence-corrected chi connectivity index (χ2v) is 18.8. The molecule has 5 N–H and O–H groups in total. The number of Topliss-reactive ketones (excluding diaryl/α,β-unsaturated/α-hetero) is 1. The zero-order valence-corrected chi connectivity index (χ0v) is 32.5. The summed E-state index contributed by atoms with van der Waals surface area (Å²) >= 11 is 0.450. The number of imidazole rings is 1. The van der Waals surface area contributed by atoms with E-state index in [1.807, 2.05) is 4.98 Å². The molecule has 20 nitrogen and oxygen atoms in total. The fraction of sp³-hybridized carbons (Fsp3) is 0.677. The molecule has 3 aromatic heterocycles. The molecule has 3 aromatic rings. The standard InChI is InChI=1S/C31H43F2N7O13P2S/c32-22-25-20(51-30(22)40-17-37-24-27(34)35-16-36-28(24)40)14-49-55(47,56-15-18(42)9-7-5-3-1-2-4-6-8-12-41)53-26-19(13-48-54(45,46)52-25)50-29(23(26)33)39-11-10-21(43)38-31(39)44/h10-11,16-17,19-20,22-23,25-26,29-30,41H,1-9,12-15H2,(H,45,46)(H2,34,35,36)(H,38,43,44)/t19-,20-,22-,23-,25-,26-,29-,30-,55?/m1/s1. The third kappa shape index (κ3) is 10.2. The van der Waals surface area contributed by atoms with Gasteiger partial charge in [-0.25, -0.2) is 37.7 Å². The lowest BCUT2D eigenvalue weighted by molar-refractivity contribution is -0.116. The molecule has 3 fully saturated rings. The topological polar surface area (TPSA) is 272 Å². The number of aromatic nitrogens is 6. The van der Waals surface area contributed by atoms with Crippen LogP contribution in [0.4, 0.5) is 14.6 Å². The predicted molar refractivity (Wildman–Crippen MR) is 194 cm³/mol. The van der Waals surface area contributed by atoms with Gasteiger partial charge in [0, 0.05) is 25.3 Å². The average Bonchev–Trinajstić information content (AvgIpc) is 3.81. The molecule has 0 amide bonds. The smallest absolute Gasteiger partial charge is 0.396 e. The number of nitrogen functional groups attached to an aromatic ring is 1. The Bertz CT molecular complexity index is 2040. The highest BCUT2D eigenvalue weighted by Gasteiger charge is 2.55. The number of fused-ring (bicyclic) bond motifs is 3. The van der Waals surface area contributed by atoms with Crippen LogP contribution in [0.1, 0.15) is 70.2 Å². The molecule has 3 aliphatic heterocycles. The number of ether oxygens (including phenoxy) is 2. The first-order valence-electron chi connectivity index (χ1n) is 18.0. The summed E-state index contributed by atoms with van der Waals surface area (Å²) in [7, 11) is -5.21. The van der Waals surface area contributed by atoms with Crippen molar-refractivity contribution in [1.82, 2.24) is 29.1 Å². The third-order valence-corrected chi connectivity index (χ3v) is 14.0. The molecule has 56 heavy (non-hydrogen) atoms. The highest BCUT2D eigenvalue weighted by Crippen LogP contribution is 2.64. The molecule has 0 aromatic carbocycles. The van der Waals surface area contributed by atoms with Crippen LogP contribution in [0.25, 0.3) is 11.2 Å². The Balaban J connectivity index is 1.21. The van der Waals surface area contributed by atoms with Crippen molar-refractivity contribution in [2.24, 2.45) is 0 Å². The Morgan fingerprint density at radius 3 is 2.21 bits per heavy atom. The van der Waals surface area contributed by atoms with E-state index >= 15 is 8.78 Å². The summed E-state index contributed by atoms with van der Waals surface area (Å²) in [6, 6.07) is 0.929.